The Bertz CT molecular complexity index is 748. The van der Waals surface area contributed by atoms with Gasteiger partial charge in [-0.05, 0) is 25.5 Å². The summed E-state index contributed by atoms with van der Waals surface area (Å²) in [4.78, 5) is 21.4. The topological polar surface area (TPSA) is 59.8 Å². The van der Waals surface area contributed by atoms with Crippen molar-refractivity contribution in [2.24, 2.45) is 0 Å². The number of fused-ring (bicyclic) bond motifs is 1. The fraction of sp³-hybridized carbons (Fsp3) is 0.500. The zero-order chi connectivity index (χ0) is 17.3. The van der Waals surface area contributed by atoms with Crippen LogP contribution in [0.4, 0.5) is 0 Å². The minimum absolute atomic E-state index is 0.0292. The van der Waals surface area contributed by atoms with Crippen LogP contribution in [0.25, 0.3) is 0 Å². The normalized spacial score (nSPS) is 17.4. The number of aryl methyl sites for hydroxylation is 2. The van der Waals surface area contributed by atoms with Crippen LogP contribution in [-0.2, 0) is 13.0 Å². The molecule has 0 saturated heterocycles. The van der Waals surface area contributed by atoms with Gasteiger partial charge in [-0.25, -0.2) is 9.97 Å². The lowest BCUT2D eigenvalue weighted by Crippen LogP contribution is -2.40. The zero-order valence-electron chi connectivity index (χ0n) is 14.7. The van der Waals surface area contributed by atoms with Crippen molar-refractivity contribution < 1.29 is 4.79 Å². The Balaban J connectivity index is 1.66. The highest BCUT2D eigenvalue weighted by Gasteiger charge is 2.22. The monoisotopic (exact) mass is 344 g/mol. The molecular formula is C18H24N4OS. The third-order valence-corrected chi connectivity index (χ3v) is 4.90. The van der Waals surface area contributed by atoms with Gasteiger partial charge < -0.3 is 9.88 Å². The Morgan fingerprint density at radius 3 is 2.96 bits per heavy atom. The number of imidazole rings is 1. The van der Waals surface area contributed by atoms with E-state index < -0.39 is 0 Å². The van der Waals surface area contributed by atoms with Crippen LogP contribution < -0.4 is 5.32 Å². The summed E-state index contributed by atoms with van der Waals surface area (Å²) in [6.07, 6.45) is 5.59. The number of thioether (sulfide) groups is 1. The number of aromatic nitrogens is 3. The average Bonchev–Trinajstić information content (AvgIpc) is 2.85. The Kier molecular flexibility index (Phi) is 4.67. The number of hydrogen-bond donors (Lipinski definition) is 1. The predicted octanol–water partition coefficient (Wildman–Crippen LogP) is 3.22. The average molecular weight is 344 g/mol. The highest BCUT2D eigenvalue weighted by atomic mass is 32.2. The van der Waals surface area contributed by atoms with E-state index in [9.17, 15) is 4.79 Å². The molecule has 128 valence electrons. The van der Waals surface area contributed by atoms with E-state index in [1.165, 1.54) is 0 Å². The molecule has 0 spiro atoms. The van der Waals surface area contributed by atoms with Gasteiger partial charge in [0, 0.05) is 41.7 Å². The first-order chi connectivity index (χ1) is 11.3. The molecule has 24 heavy (non-hydrogen) atoms. The summed E-state index contributed by atoms with van der Waals surface area (Å²) < 4.78 is 2.22. The van der Waals surface area contributed by atoms with Crippen LogP contribution in [0.2, 0.25) is 0 Å². The minimum atomic E-state index is -0.0292. The zero-order valence-corrected chi connectivity index (χ0v) is 15.5. The first kappa shape index (κ1) is 17.0. The predicted molar refractivity (Wildman–Crippen MR) is 96.4 cm³/mol. The minimum Gasteiger partial charge on any atom is -0.347 e. The Hall–Kier alpha value is -1.82. The molecule has 0 bridgehead atoms. The number of carbonyl (C=O) groups is 1. The van der Waals surface area contributed by atoms with E-state index >= 15 is 0 Å². The maximum Gasteiger partial charge on any atom is 0.251 e. The molecule has 1 aliphatic heterocycles. The van der Waals surface area contributed by atoms with Gasteiger partial charge in [0.25, 0.3) is 5.91 Å². The molecule has 0 aromatic carbocycles. The largest absolute Gasteiger partial charge is 0.347 e. The van der Waals surface area contributed by atoms with E-state index in [0.29, 0.717) is 5.56 Å². The summed E-state index contributed by atoms with van der Waals surface area (Å²) in [7, 11) is 0. The molecule has 0 aliphatic carbocycles. The third-order valence-electron chi connectivity index (χ3n) is 3.86. The molecule has 1 aliphatic rings. The van der Waals surface area contributed by atoms with Gasteiger partial charge in [-0.3, -0.25) is 4.79 Å². The number of nitrogens with zero attached hydrogens (tertiary/aromatic N) is 3. The van der Waals surface area contributed by atoms with E-state index in [-0.39, 0.29) is 16.7 Å². The number of carbonyl (C=O) groups excluding carboxylic acids is 1. The number of amides is 1. The summed E-state index contributed by atoms with van der Waals surface area (Å²) in [6.45, 7) is 9.21. The molecule has 0 saturated carbocycles. The molecule has 5 nitrogen and oxygen atoms in total. The summed E-state index contributed by atoms with van der Waals surface area (Å²) in [5.74, 6) is 1.09. The molecule has 3 heterocycles. The van der Waals surface area contributed by atoms with E-state index in [1.54, 1.807) is 24.0 Å². The van der Waals surface area contributed by atoms with Crippen LogP contribution in [0.15, 0.2) is 29.6 Å². The number of hydrogen-bond acceptors (Lipinski definition) is 4. The second-order valence-corrected chi connectivity index (χ2v) is 9.10. The first-order valence-corrected chi connectivity index (χ1v) is 9.10. The van der Waals surface area contributed by atoms with Crippen molar-refractivity contribution in [3.05, 3.63) is 41.6 Å². The van der Waals surface area contributed by atoms with E-state index in [0.717, 1.165) is 35.9 Å². The highest BCUT2D eigenvalue weighted by molar-refractivity contribution is 8.00. The number of nitrogens with one attached hydrogen (secondary N) is 1. The molecule has 3 rings (SSSR count). The van der Waals surface area contributed by atoms with Crippen molar-refractivity contribution in [2.45, 2.75) is 62.9 Å². The SMILES string of the molecule is Cc1cn2c(n1)CC[C@@H](NC(=O)c1ccnc(SC(C)(C)C)c1)C2. The van der Waals surface area contributed by atoms with Gasteiger partial charge in [0.2, 0.25) is 0 Å². The van der Waals surface area contributed by atoms with Gasteiger partial charge in [0.1, 0.15) is 5.82 Å². The highest BCUT2D eigenvalue weighted by Crippen LogP contribution is 2.30. The quantitative estimate of drug-likeness (QED) is 0.869. The van der Waals surface area contributed by atoms with Gasteiger partial charge in [0.15, 0.2) is 0 Å². The molecule has 6 heteroatoms. The van der Waals surface area contributed by atoms with Crippen molar-refractivity contribution >= 4 is 17.7 Å². The van der Waals surface area contributed by atoms with E-state index in [4.69, 9.17) is 0 Å². The number of pyridine rings is 1. The van der Waals surface area contributed by atoms with Crippen LogP contribution in [0.5, 0.6) is 0 Å². The molecule has 2 aromatic heterocycles. The van der Waals surface area contributed by atoms with Crippen molar-refractivity contribution in [3.63, 3.8) is 0 Å². The van der Waals surface area contributed by atoms with Crippen molar-refractivity contribution in [2.75, 3.05) is 0 Å². The van der Waals surface area contributed by atoms with Gasteiger partial charge in [-0.2, -0.15) is 0 Å². The summed E-state index contributed by atoms with van der Waals surface area (Å²) in [5.41, 5.74) is 1.71. The third kappa shape index (κ3) is 4.17. The smallest absolute Gasteiger partial charge is 0.251 e. The van der Waals surface area contributed by atoms with Crippen LogP contribution in [0.3, 0.4) is 0 Å². The molecule has 1 N–H and O–H groups in total. The lowest BCUT2D eigenvalue weighted by Gasteiger charge is -2.24. The Morgan fingerprint density at radius 2 is 2.21 bits per heavy atom. The molecule has 0 unspecified atom stereocenters. The van der Waals surface area contributed by atoms with E-state index in [2.05, 4.69) is 46.8 Å². The van der Waals surface area contributed by atoms with Gasteiger partial charge in [-0.1, -0.05) is 20.8 Å². The first-order valence-electron chi connectivity index (χ1n) is 8.29. The fourth-order valence-electron chi connectivity index (χ4n) is 2.89. The van der Waals surface area contributed by atoms with Crippen LogP contribution >= 0.6 is 11.8 Å². The van der Waals surface area contributed by atoms with Crippen molar-refractivity contribution in [1.82, 2.24) is 19.9 Å². The van der Waals surface area contributed by atoms with Crippen LogP contribution in [-0.4, -0.2) is 31.2 Å². The van der Waals surface area contributed by atoms with Gasteiger partial charge in [0.05, 0.1) is 10.7 Å². The molecule has 0 radical (unpaired) electrons. The second kappa shape index (κ2) is 6.59. The molecule has 2 aromatic rings. The molecule has 0 fully saturated rings. The Morgan fingerprint density at radius 1 is 1.42 bits per heavy atom. The standard InChI is InChI=1S/C18H24N4OS/c1-12-10-22-11-14(5-6-15(22)20-12)21-17(23)13-7-8-19-16(9-13)24-18(2,3)4/h7-10,14H,5-6,11H2,1-4H3,(H,21,23)/t14-/m1/s1. The Labute approximate surface area is 147 Å². The van der Waals surface area contributed by atoms with Crippen LogP contribution in [0.1, 0.15) is 49.1 Å². The number of rotatable bonds is 3. The lowest BCUT2D eigenvalue weighted by atomic mass is 10.1. The summed E-state index contributed by atoms with van der Waals surface area (Å²) in [6, 6.07) is 3.80. The van der Waals surface area contributed by atoms with Crippen LogP contribution in [0, 0.1) is 6.92 Å². The maximum atomic E-state index is 12.6. The maximum absolute atomic E-state index is 12.6. The lowest BCUT2D eigenvalue weighted by molar-refractivity contribution is 0.0927. The van der Waals surface area contributed by atoms with Crippen molar-refractivity contribution in [3.8, 4) is 0 Å². The van der Waals surface area contributed by atoms with Gasteiger partial charge >= 0.3 is 0 Å². The summed E-state index contributed by atoms with van der Waals surface area (Å²) in [5, 5.41) is 4.03. The van der Waals surface area contributed by atoms with E-state index in [1.807, 2.05) is 13.0 Å². The molecule has 1 atom stereocenters. The molecular weight excluding hydrogens is 320 g/mol. The second-order valence-electron chi connectivity index (χ2n) is 7.26. The molecule has 1 amide bonds. The van der Waals surface area contributed by atoms with Gasteiger partial charge in [-0.15, -0.1) is 11.8 Å². The van der Waals surface area contributed by atoms with Crippen molar-refractivity contribution in [1.29, 1.82) is 0 Å². The fourth-order valence-corrected chi connectivity index (χ4v) is 3.82. The summed E-state index contributed by atoms with van der Waals surface area (Å²) >= 11 is 1.67.